The highest BCUT2D eigenvalue weighted by atomic mass is 32.2. The standard InChI is InChI=1S/C51H32N4S2/c1-2-12-31(13-3-1)32-24-26-33(27-25-32)49-52-50(54-51(53-49)41-20-11-19-38-36-16-5-8-22-44(36)56-47(38)41)34-14-10-15-35(30-34)55-42-21-7-4-18-40(42)46-43(55)29-28-39-37-17-6-9-23-45(37)57-48(39)46/h1-30,37,45H. The fraction of sp³-hybridized carbons (Fsp3) is 0.0392. The van der Waals surface area contributed by atoms with Crippen LogP contribution >= 0.6 is 23.1 Å². The van der Waals surface area contributed by atoms with E-state index in [1.165, 1.54) is 58.0 Å². The third kappa shape index (κ3) is 5.25. The third-order valence-corrected chi connectivity index (χ3v) is 14.0. The highest BCUT2D eigenvalue weighted by Gasteiger charge is 2.33. The molecule has 57 heavy (non-hydrogen) atoms. The molecule has 0 spiro atoms. The van der Waals surface area contributed by atoms with Gasteiger partial charge in [0.2, 0.25) is 0 Å². The molecule has 3 aromatic heterocycles. The van der Waals surface area contributed by atoms with Crippen LogP contribution in [0.3, 0.4) is 0 Å². The Labute approximate surface area is 337 Å². The average molecular weight is 765 g/mol. The van der Waals surface area contributed by atoms with E-state index in [0.29, 0.717) is 28.6 Å². The summed E-state index contributed by atoms with van der Waals surface area (Å²) in [6.45, 7) is 0. The Kier molecular flexibility index (Phi) is 7.43. The van der Waals surface area contributed by atoms with Crippen LogP contribution in [0.1, 0.15) is 11.5 Å². The normalized spacial score (nSPS) is 15.9. The molecule has 1 aliphatic carbocycles. The second-order valence-corrected chi connectivity index (χ2v) is 16.9. The highest BCUT2D eigenvalue weighted by Crippen LogP contribution is 2.53. The Morgan fingerprint density at radius 2 is 1.18 bits per heavy atom. The molecule has 4 nitrogen and oxygen atoms in total. The van der Waals surface area contributed by atoms with E-state index in [2.05, 4.69) is 181 Å². The second-order valence-electron chi connectivity index (χ2n) is 14.7. The fourth-order valence-corrected chi connectivity index (χ4v) is 11.4. The number of rotatable bonds is 5. The predicted molar refractivity (Wildman–Crippen MR) is 239 cm³/mol. The summed E-state index contributed by atoms with van der Waals surface area (Å²) in [6, 6.07) is 56.2. The molecular weight excluding hydrogens is 733 g/mol. The van der Waals surface area contributed by atoms with E-state index < -0.39 is 0 Å². The Morgan fingerprint density at radius 1 is 0.491 bits per heavy atom. The van der Waals surface area contributed by atoms with Crippen molar-refractivity contribution in [2.75, 3.05) is 0 Å². The van der Waals surface area contributed by atoms with Gasteiger partial charge >= 0.3 is 0 Å². The van der Waals surface area contributed by atoms with Crippen LogP contribution in [0.5, 0.6) is 0 Å². The van der Waals surface area contributed by atoms with Gasteiger partial charge in [-0.15, -0.1) is 23.1 Å². The van der Waals surface area contributed by atoms with Gasteiger partial charge in [0.15, 0.2) is 17.5 Å². The van der Waals surface area contributed by atoms with E-state index in [-0.39, 0.29) is 0 Å². The molecule has 2 unspecified atom stereocenters. The number of nitrogens with zero attached hydrogens (tertiary/aromatic N) is 4. The number of para-hydroxylation sites is 1. The first-order valence-electron chi connectivity index (χ1n) is 19.3. The SMILES string of the molecule is C1=CC2Sc3c(ccc4c3c3ccccc3n4-c3cccc(-c4nc(-c5ccc(-c6ccccc6)cc5)nc(-c5cccc6c5sc5ccccc56)n4)c3)C2C=C1. The van der Waals surface area contributed by atoms with Crippen molar-refractivity contribution in [3.63, 3.8) is 0 Å². The molecule has 10 aromatic rings. The smallest absolute Gasteiger partial charge is 0.165 e. The molecule has 0 radical (unpaired) electrons. The molecule has 0 fully saturated rings. The topological polar surface area (TPSA) is 43.6 Å². The average Bonchev–Trinajstić information content (AvgIpc) is 3.96. The number of allylic oxidation sites excluding steroid dienone is 3. The minimum Gasteiger partial charge on any atom is -0.309 e. The van der Waals surface area contributed by atoms with Crippen LogP contribution in [-0.4, -0.2) is 24.8 Å². The number of hydrogen-bond acceptors (Lipinski definition) is 5. The van der Waals surface area contributed by atoms with Crippen LogP contribution in [0.25, 0.3) is 93.0 Å². The van der Waals surface area contributed by atoms with Crippen molar-refractivity contribution in [3.05, 3.63) is 188 Å². The maximum atomic E-state index is 5.28. The van der Waals surface area contributed by atoms with E-state index >= 15 is 0 Å². The molecule has 6 heteroatoms. The van der Waals surface area contributed by atoms with Crippen molar-refractivity contribution in [3.8, 4) is 51.0 Å². The summed E-state index contributed by atoms with van der Waals surface area (Å²) in [4.78, 5) is 17.1. The minimum atomic E-state index is 0.407. The zero-order valence-corrected chi connectivity index (χ0v) is 32.2. The summed E-state index contributed by atoms with van der Waals surface area (Å²) < 4.78 is 4.84. The number of aromatic nitrogens is 4. The van der Waals surface area contributed by atoms with E-state index in [4.69, 9.17) is 15.0 Å². The Bertz CT molecular complexity index is 3280. The van der Waals surface area contributed by atoms with E-state index in [1.807, 2.05) is 17.8 Å². The van der Waals surface area contributed by atoms with Crippen LogP contribution in [0, 0.1) is 0 Å². The van der Waals surface area contributed by atoms with Gasteiger partial charge in [-0.1, -0.05) is 146 Å². The second kappa shape index (κ2) is 13.0. The third-order valence-electron chi connectivity index (χ3n) is 11.4. The molecule has 12 rings (SSSR count). The molecule has 1 aliphatic heterocycles. The van der Waals surface area contributed by atoms with Gasteiger partial charge in [-0.05, 0) is 53.1 Å². The highest BCUT2D eigenvalue weighted by molar-refractivity contribution is 8.00. The van der Waals surface area contributed by atoms with Crippen LogP contribution in [0.2, 0.25) is 0 Å². The Hall–Kier alpha value is -6.60. The zero-order chi connectivity index (χ0) is 37.5. The summed E-state index contributed by atoms with van der Waals surface area (Å²) in [5, 5.41) is 5.50. The number of benzene rings is 7. The van der Waals surface area contributed by atoms with Gasteiger partial charge in [-0.3, -0.25) is 0 Å². The molecule has 0 amide bonds. The Morgan fingerprint density at radius 3 is 2.07 bits per heavy atom. The van der Waals surface area contributed by atoms with Gasteiger partial charge in [0.25, 0.3) is 0 Å². The van der Waals surface area contributed by atoms with Crippen LogP contribution < -0.4 is 0 Å². The van der Waals surface area contributed by atoms with Crippen molar-refractivity contribution < 1.29 is 0 Å². The van der Waals surface area contributed by atoms with Crippen molar-refractivity contribution in [1.29, 1.82) is 0 Å². The maximum absolute atomic E-state index is 5.28. The first-order valence-corrected chi connectivity index (χ1v) is 21.0. The quantitative estimate of drug-likeness (QED) is 0.175. The number of fused-ring (bicyclic) bond motifs is 10. The predicted octanol–water partition coefficient (Wildman–Crippen LogP) is 13.7. The van der Waals surface area contributed by atoms with Crippen LogP contribution in [-0.2, 0) is 0 Å². The molecule has 0 saturated carbocycles. The first kappa shape index (κ1) is 32.6. The summed E-state index contributed by atoms with van der Waals surface area (Å²) >= 11 is 3.79. The summed E-state index contributed by atoms with van der Waals surface area (Å²) in [5.74, 6) is 2.36. The van der Waals surface area contributed by atoms with Gasteiger partial charge < -0.3 is 4.57 Å². The van der Waals surface area contributed by atoms with E-state index in [1.54, 1.807) is 11.3 Å². The van der Waals surface area contributed by atoms with Crippen LogP contribution in [0.4, 0.5) is 0 Å². The molecular formula is C51H32N4S2. The van der Waals surface area contributed by atoms with Gasteiger partial charge in [0.1, 0.15) is 0 Å². The minimum absolute atomic E-state index is 0.407. The number of thiophene rings is 1. The summed E-state index contributed by atoms with van der Waals surface area (Å²) in [6.07, 6.45) is 9.08. The largest absolute Gasteiger partial charge is 0.309 e. The summed E-state index contributed by atoms with van der Waals surface area (Å²) in [7, 11) is 0. The molecule has 0 N–H and O–H groups in total. The maximum Gasteiger partial charge on any atom is 0.165 e. The molecule has 0 saturated heterocycles. The Balaban J connectivity index is 1.04. The molecule has 2 atom stereocenters. The number of thioether (sulfide) groups is 1. The first-order chi connectivity index (χ1) is 28.2. The van der Waals surface area contributed by atoms with Gasteiger partial charge in [-0.25, -0.2) is 15.0 Å². The van der Waals surface area contributed by atoms with Gasteiger partial charge in [-0.2, -0.15) is 0 Å². The van der Waals surface area contributed by atoms with Crippen molar-refractivity contribution in [1.82, 2.24) is 19.5 Å². The fourth-order valence-electron chi connectivity index (χ4n) is 8.73. The van der Waals surface area contributed by atoms with Crippen molar-refractivity contribution >= 4 is 65.1 Å². The monoisotopic (exact) mass is 764 g/mol. The lowest BCUT2D eigenvalue weighted by atomic mass is 9.91. The lowest BCUT2D eigenvalue weighted by molar-refractivity contribution is 0.883. The van der Waals surface area contributed by atoms with E-state index in [0.717, 1.165) is 27.9 Å². The van der Waals surface area contributed by atoms with Crippen molar-refractivity contribution in [2.45, 2.75) is 16.1 Å². The molecule has 4 heterocycles. The molecule has 0 bridgehead atoms. The van der Waals surface area contributed by atoms with Crippen molar-refractivity contribution in [2.24, 2.45) is 0 Å². The zero-order valence-electron chi connectivity index (χ0n) is 30.6. The lowest BCUT2D eigenvalue weighted by Crippen LogP contribution is -2.06. The van der Waals surface area contributed by atoms with Gasteiger partial charge in [0, 0.05) is 69.4 Å². The van der Waals surface area contributed by atoms with Crippen LogP contribution in [0.15, 0.2) is 187 Å². The van der Waals surface area contributed by atoms with Gasteiger partial charge in [0.05, 0.1) is 11.0 Å². The number of hydrogen-bond donors (Lipinski definition) is 0. The lowest BCUT2D eigenvalue weighted by Gasteiger charge is -2.14. The summed E-state index contributed by atoms with van der Waals surface area (Å²) in [5.41, 5.74) is 10.1. The molecule has 7 aromatic carbocycles. The molecule has 268 valence electrons. The molecule has 2 aliphatic rings. The van der Waals surface area contributed by atoms with E-state index in [9.17, 15) is 0 Å².